The van der Waals surface area contributed by atoms with E-state index in [4.69, 9.17) is 15.6 Å². The normalized spacial score (nSPS) is 40.5. The molecule has 2 aromatic carbocycles. The molecule has 4 fully saturated rings. The Morgan fingerprint density at radius 3 is 2.41 bits per heavy atom. The van der Waals surface area contributed by atoms with Gasteiger partial charge in [0.25, 0.3) is 0 Å². The van der Waals surface area contributed by atoms with Crippen LogP contribution in [0.15, 0.2) is 66.2 Å². The van der Waals surface area contributed by atoms with Crippen LogP contribution in [0.5, 0.6) is 5.75 Å². The van der Waals surface area contributed by atoms with Gasteiger partial charge in [0.2, 0.25) is 5.79 Å². The second kappa shape index (κ2) is 10.5. The van der Waals surface area contributed by atoms with Crippen molar-refractivity contribution in [2.24, 2.45) is 40.4 Å². The van der Waals surface area contributed by atoms with Crippen LogP contribution in [0, 0.1) is 40.4 Å². The molecular weight excluding hydrogens is 508 g/mol. The lowest BCUT2D eigenvalue weighted by Crippen LogP contribution is -2.51. The lowest BCUT2D eigenvalue weighted by molar-refractivity contribution is -0.129. The molecule has 4 heteroatoms. The van der Waals surface area contributed by atoms with Gasteiger partial charge in [0, 0.05) is 11.1 Å². The second-order valence-corrected chi connectivity index (χ2v) is 14.2. The summed E-state index contributed by atoms with van der Waals surface area (Å²) in [6.07, 6.45) is 9.60. The SMILES string of the molecule is [2H][C@]1(O)CC[C@@]2(C)C(=CC[C@H]3[C@@H]4CC[C@H]([C@H](C)COc5ccc(C6(c7ccccc7)OCCO6)cc5)[C@@]4(C)CC[C@@H]32)C1. The zero-order chi connectivity index (χ0) is 29.2. The van der Waals surface area contributed by atoms with E-state index in [-0.39, 0.29) is 5.41 Å². The first kappa shape index (κ1) is 26.5. The first-order chi connectivity index (χ1) is 20.1. The lowest BCUT2D eigenvalue weighted by atomic mass is 9.47. The third-order valence-corrected chi connectivity index (χ3v) is 12.3. The predicted octanol–water partition coefficient (Wildman–Crippen LogP) is 7.89. The van der Waals surface area contributed by atoms with E-state index in [2.05, 4.69) is 63.2 Å². The first-order valence-corrected chi connectivity index (χ1v) is 16.1. The summed E-state index contributed by atoms with van der Waals surface area (Å²) in [5.41, 5.74) is 3.92. The standard InChI is InChI=1S/C37H48O4/c1-25(24-39-30-12-9-27(10-13-30)37(40-21-22-41-37)26-7-5-4-6-8-26)32-15-16-33-31-14-11-28-23-29(38)17-19-35(28,2)34(31)18-20-36(32,33)3/h4-13,25,29,31-34,38H,14-24H2,1-3H3/t25-,29+,31+,32-,33+,34+,35+,36-/m1/s1/i29D. The Bertz CT molecular complexity index is 1300. The van der Waals surface area contributed by atoms with Gasteiger partial charge in [0.15, 0.2) is 0 Å². The fourth-order valence-electron chi connectivity index (χ4n) is 10.1. The summed E-state index contributed by atoms with van der Waals surface area (Å²) in [5, 5.41) is 10.5. The van der Waals surface area contributed by atoms with Gasteiger partial charge in [0.05, 0.1) is 27.3 Å². The third-order valence-electron chi connectivity index (χ3n) is 12.3. The number of allylic oxidation sites excluding steroid dienone is 1. The molecule has 4 aliphatic carbocycles. The molecule has 5 aliphatic rings. The highest BCUT2D eigenvalue weighted by atomic mass is 16.7. The molecule has 0 radical (unpaired) electrons. The van der Waals surface area contributed by atoms with E-state index in [1.54, 1.807) is 0 Å². The van der Waals surface area contributed by atoms with Crippen LogP contribution in [0.4, 0.5) is 0 Å². The minimum Gasteiger partial charge on any atom is -0.493 e. The smallest absolute Gasteiger partial charge is 0.222 e. The minimum absolute atomic E-state index is 0.171. The average Bonchev–Trinajstić information content (AvgIpc) is 3.63. The van der Waals surface area contributed by atoms with E-state index >= 15 is 0 Å². The van der Waals surface area contributed by atoms with Crippen molar-refractivity contribution in [2.45, 2.75) is 84.0 Å². The molecule has 2 aromatic rings. The van der Waals surface area contributed by atoms with Crippen LogP contribution in [0.1, 0.15) is 84.6 Å². The monoisotopic (exact) mass is 557 g/mol. The highest BCUT2D eigenvalue weighted by Crippen LogP contribution is 2.67. The number of ether oxygens (including phenoxy) is 3. The van der Waals surface area contributed by atoms with Crippen LogP contribution in [-0.2, 0) is 15.3 Å². The Labute approximate surface area is 247 Å². The Hall–Kier alpha value is -2.14. The topological polar surface area (TPSA) is 47.9 Å². The molecular formula is C37H48O4. The molecule has 1 aliphatic heterocycles. The van der Waals surface area contributed by atoms with Crippen molar-refractivity contribution < 1.29 is 20.7 Å². The zero-order valence-electron chi connectivity index (χ0n) is 26.1. The van der Waals surface area contributed by atoms with Gasteiger partial charge < -0.3 is 19.3 Å². The molecule has 0 spiro atoms. The average molecular weight is 558 g/mol. The van der Waals surface area contributed by atoms with Crippen molar-refractivity contribution >= 4 is 0 Å². The van der Waals surface area contributed by atoms with Gasteiger partial charge in [-0.3, -0.25) is 0 Å². The van der Waals surface area contributed by atoms with E-state index in [9.17, 15) is 5.11 Å². The number of aliphatic hydroxyl groups is 1. The molecule has 0 unspecified atom stereocenters. The highest BCUT2D eigenvalue weighted by molar-refractivity contribution is 5.37. The summed E-state index contributed by atoms with van der Waals surface area (Å²) < 4.78 is 27.1. The highest BCUT2D eigenvalue weighted by Gasteiger charge is 2.59. The van der Waals surface area contributed by atoms with E-state index in [1.807, 2.05) is 18.2 Å². The van der Waals surface area contributed by atoms with Crippen LogP contribution >= 0.6 is 0 Å². The van der Waals surface area contributed by atoms with Crippen molar-refractivity contribution in [2.75, 3.05) is 19.8 Å². The molecule has 7 rings (SSSR count). The van der Waals surface area contributed by atoms with Crippen molar-refractivity contribution in [3.05, 3.63) is 77.4 Å². The number of benzene rings is 2. The molecule has 1 N–H and O–H groups in total. The van der Waals surface area contributed by atoms with Crippen molar-refractivity contribution in [1.29, 1.82) is 0 Å². The number of hydrogen-bond donors (Lipinski definition) is 1. The van der Waals surface area contributed by atoms with Gasteiger partial charge >= 0.3 is 0 Å². The summed E-state index contributed by atoms with van der Waals surface area (Å²) in [7, 11) is 0. The summed E-state index contributed by atoms with van der Waals surface area (Å²) in [5.74, 6) is 3.42. The predicted molar refractivity (Wildman–Crippen MR) is 161 cm³/mol. The van der Waals surface area contributed by atoms with Gasteiger partial charge in [-0.1, -0.05) is 62.8 Å². The van der Waals surface area contributed by atoms with E-state index in [1.165, 1.54) is 31.3 Å². The Balaban J connectivity index is 1.02. The molecule has 1 heterocycles. The fourth-order valence-corrected chi connectivity index (χ4v) is 10.1. The van der Waals surface area contributed by atoms with E-state index < -0.39 is 11.9 Å². The van der Waals surface area contributed by atoms with Gasteiger partial charge in [-0.05, 0) is 116 Å². The Kier molecular flexibility index (Phi) is 6.81. The molecule has 4 nitrogen and oxygen atoms in total. The van der Waals surface area contributed by atoms with Crippen LogP contribution in [-0.4, -0.2) is 31.0 Å². The summed E-state index contributed by atoms with van der Waals surface area (Å²) in [6, 6.07) is 18.5. The maximum atomic E-state index is 10.5. The van der Waals surface area contributed by atoms with Crippen LogP contribution in [0.3, 0.4) is 0 Å². The van der Waals surface area contributed by atoms with E-state index in [0.717, 1.165) is 48.2 Å². The van der Waals surface area contributed by atoms with Gasteiger partial charge in [0.1, 0.15) is 5.75 Å². The molecule has 8 atom stereocenters. The van der Waals surface area contributed by atoms with Crippen molar-refractivity contribution in [3.63, 3.8) is 0 Å². The third kappa shape index (κ3) is 4.51. The fraction of sp³-hybridized carbons (Fsp3) is 0.622. The quantitative estimate of drug-likeness (QED) is 0.367. The number of hydrogen-bond acceptors (Lipinski definition) is 4. The Morgan fingerprint density at radius 2 is 1.66 bits per heavy atom. The first-order valence-electron chi connectivity index (χ1n) is 16.6. The van der Waals surface area contributed by atoms with Crippen LogP contribution in [0.25, 0.3) is 0 Å². The molecule has 0 amide bonds. The zero-order valence-corrected chi connectivity index (χ0v) is 25.1. The van der Waals surface area contributed by atoms with Gasteiger partial charge in [-0.25, -0.2) is 0 Å². The molecule has 41 heavy (non-hydrogen) atoms. The summed E-state index contributed by atoms with van der Waals surface area (Å²) in [6.45, 7) is 9.35. The lowest BCUT2D eigenvalue weighted by Gasteiger charge is -2.58. The Morgan fingerprint density at radius 1 is 0.927 bits per heavy atom. The maximum absolute atomic E-state index is 10.5. The molecule has 0 bridgehead atoms. The minimum atomic E-state index is -1.27. The molecule has 3 saturated carbocycles. The van der Waals surface area contributed by atoms with Crippen molar-refractivity contribution in [1.82, 2.24) is 0 Å². The van der Waals surface area contributed by atoms with E-state index in [0.29, 0.717) is 49.2 Å². The van der Waals surface area contributed by atoms with Crippen LogP contribution in [0.2, 0.25) is 0 Å². The molecule has 220 valence electrons. The summed E-state index contributed by atoms with van der Waals surface area (Å²) >= 11 is 0. The number of fused-ring (bicyclic) bond motifs is 5. The molecule has 0 aromatic heterocycles. The number of rotatable bonds is 6. The second-order valence-electron chi connectivity index (χ2n) is 14.2. The summed E-state index contributed by atoms with van der Waals surface area (Å²) in [4.78, 5) is 0. The molecule has 1 saturated heterocycles. The van der Waals surface area contributed by atoms with Gasteiger partial charge in [-0.15, -0.1) is 0 Å². The van der Waals surface area contributed by atoms with Crippen molar-refractivity contribution in [3.8, 4) is 5.75 Å². The maximum Gasteiger partial charge on any atom is 0.222 e. The van der Waals surface area contributed by atoms with Gasteiger partial charge in [-0.2, -0.15) is 0 Å². The largest absolute Gasteiger partial charge is 0.493 e. The van der Waals surface area contributed by atoms with Crippen LogP contribution < -0.4 is 4.74 Å².